The highest BCUT2D eigenvalue weighted by Gasteiger charge is 2.24. The summed E-state index contributed by atoms with van der Waals surface area (Å²) in [5.41, 5.74) is 1.29. The lowest BCUT2D eigenvalue weighted by Gasteiger charge is -2.23. The third kappa shape index (κ3) is 1.85. The molecule has 1 atom stereocenters. The summed E-state index contributed by atoms with van der Waals surface area (Å²) in [6, 6.07) is 10.7. The van der Waals surface area contributed by atoms with Crippen LogP contribution in [0.1, 0.15) is 24.9 Å². The number of hydrogen-bond donors (Lipinski definition) is 0. The van der Waals surface area contributed by atoms with Crippen LogP contribution < -0.4 is 0 Å². The molecular formula is C12H15NO. The minimum absolute atomic E-state index is 0.364. The van der Waals surface area contributed by atoms with E-state index in [1.807, 2.05) is 18.2 Å². The quantitative estimate of drug-likeness (QED) is 0.709. The fourth-order valence-electron chi connectivity index (χ4n) is 1.93. The Kier molecular flexibility index (Phi) is 2.64. The van der Waals surface area contributed by atoms with Crippen LogP contribution in [0.3, 0.4) is 0 Å². The van der Waals surface area contributed by atoms with Gasteiger partial charge in [-0.1, -0.05) is 30.3 Å². The third-order valence-corrected chi connectivity index (χ3v) is 2.89. The zero-order valence-corrected chi connectivity index (χ0v) is 8.44. The minimum Gasteiger partial charge on any atom is -0.298 e. The number of carbonyl (C=O) groups excluding carboxylic acids is 1. The van der Waals surface area contributed by atoms with Gasteiger partial charge in [0.25, 0.3) is 0 Å². The molecule has 1 fully saturated rings. The summed E-state index contributed by atoms with van der Waals surface area (Å²) in [6.45, 7) is 3.69. The summed E-state index contributed by atoms with van der Waals surface area (Å²) in [5.74, 6) is 0.368. The molecule has 2 rings (SSSR count). The highest BCUT2D eigenvalue weighted by Crippen LogP contribution is 2.22. The number of benzene rings is 1. The van der Waals surface area contributed by atoms with Gasteiger partial charge in [-0.3, -0.25) is 9.69 Å². The normalized spacial score (nSPS) is 19.9. The van der Waals surface area contributed by atoms with Crippen LogP contribution in [-0.2, 0) is 4.79 Å². The van der Waals surface area contributed by atoms with Gasteiger partial charge in [0.1, 0.15) is 5.78 Å². The first-order chi connectivity index (χ1) is 6.77. The second-order valence-electron chi connectivity index (χ2n) is 3.85. The molecule has 1 aliphatic rings. The molecule has 1 aromatic carbocycles. The maximum Gasteiger partial charge on any atom is 0.148 e. The van der Waals surface area contributed by atoms with Gasteiger partial charge in [0.05, 0.1) is 6.54 Å². The van der Waals surface area contributed by atoms with Gasteiger partial charge in [0.2, 0.25) is 0 Å². The van der Waals surface area contributed by atoms with Crippen LogP contribution in [0.25, 0.3) is 0 Å². The Morgan fingerprint density at radius 1 is 1.29 bits per heavy atom. The van der Waals surface area contributed by atoms with Crippen LogP contribution in [0, 0.1) is 0 Å². The fourth-order valence-corrected chi connectivity index (χ4v) is 1.93. The van der Waals surface area contributed by atoms with Crippen molar-refractivity contribution in [1.82, 2.24) is 4.90 Å². The molecule has 14 heavy (non-hydrogen) atoms. The Hall–Kier alpha value is -1.15. The molecule has 0 spiro atoms. The molecule has 0 radical (unpaired) electrons. The lowest BCUT2D eigenvalue weighted by atomic mass is 10.1. The van der Waals surface area contributed by atoms with Crippen molar-refractivity contribution in [3.05, 3.63) is 35.9 Å². The number of ketones is 1. The fraction of sp³-hybridized carbons (Fsp3) is 0.417. The van der Waals surface area contributed by atoms with E-state index in [1.54, 1.807) is 0 Å². The largest absolute Gasteiger partial charge is 0.298 e. The zero-order valence-electron chi connectivity index (χ0n) is 8.44. The molecule has 0 aromatic heterocycles. The Morgan fingerprint density at radius 2 is 2.00 bits per heavy atom. The maximum atomic E-state index is 11.1. The van der Waals surface area contributed by atoms with E-state index < -0.39 is 0 Å². The van der Waals surface area contributed by atoms with Crippen molar-refractivity contribution < 1.29 is 4.79 Å². The second-order valence-corrected chi connectivity index (χ2v) is 3.85. The molecule has 1 aliphatic heterocycles. The van der Waals surface area contributed by atoms with Gasteiger partial charge in [0, 0.05) is 19.0 Å². The van der Waals surface area contributed by atoms with Crippen molar-refractivity contribution in [1.29, 1.82) is 0 Å². The predicted octanol–water partition coefficient (Wildman–Crippen LogP) is 2.02. The molecule has 1 aromatic rings. The van der Waals surface area contributed by atoms with Crippen LogP contribution in [0.15, 0.2) is 30.3 Å². The van der Waals surface area contributed by atoms with Gasteiger partial charge in [0.15, 0.2) is 0 Å². The maximum absolute atomic E-state index is 11.1. The van der Waals surface area contributed by atoms with Crippen LogP contribution >= 0.6 is 0 Å². The average Bonchev–Trinajstić information content (AvgIpc) is 2.65. The van der Waals surface area contributed by atoms with Crippen LogP contribution in [0.2, 0.25) is 0 Å². The number of likely N-dealkylation sites (tertiary alicyclic amines) is 1. The SMILES string of the molecule is CC(c1ccccc1)N1CCC(=O)C1. The van der Waals surface area contributed by atoms with E-state index in [9.17, 15) is 4.79 Å². The van der Waals surface area contributed by atoms with Crippen molar-refractivity contribution in [2.75, 3.05) is 13.1 Å². The molecule has 0 N–H and O–H groups in total. The van der Waals surface area contributed by atoms with Crippen LogP contribution in [-0.4, -0.2) is 23.8 Å². The molecule has 74 valence electrons. The van der Waals surface area contributed by atoms with Crippen molar-refractivity contribution in [3.63, 3.8) is 0 Å². The van der Waals surface area contributed by atoms with E-state index in [-0.39, 0.29) is 0 Å². The molecule has 2 nitrogen and oxygen atoms in total. The van der Waals surface area contributed by atoms with E-state index in [2.05, 4.69) is 24.0 Å². The summed E-state index contributed by atoms with van der Waals surface area (Å²) in [6.07, 6.45) is 0.719. The zero-order chi connectivity index (χ0) is 9.97. The highest BCUT2D eigenvalue weighted by atomic mass is 16.1. The van der Waals surface area contributed by atoms with E-state index in [0.717, 1.165) is 13.0 Å². The lowest BCUT2D eigenvalue weighted by molar-refractivity contribution is -0.117. The average molecular weight is 189 g/mol. The molecule has 0 saturated carbocycles. The highest BCUT2D eigenvalue weighted by molar-refractivity contribution is 5.82. The third-order valence-electron chi connectivity index (χ3n) is 2.89. The Labute approximate surface area is 84.5 Å². The number of rotatable bonds is 2. The monoisotopic (exact) mass is 189 g/mol. The lowest BCUT2D eigenvalue weighted by Crippen LogP contribution is -2.24. The first kappa shape index (κ1) is 9.41. The van der Waals surface area contributed by atoms with Gasteiger partial charge in [-0.2, -0.15) is 0 Å². The van der Waals surface area contributed by atoms with E-state index >= 15 is 0 Å². The molecule has 2 heteroatoms. The van der Waals surface area contributed by atoms with Gasteiger partial charge in [-0.15, -0.1) is 0 Å². The number of carbonyl (C=O) groups is 1. The Bertz CT molecular complexity index is 320. The molecule has 0 bridgehead atoms. The number of Topliss-reactive ketones (excluding diaryl/α,β-unsaturated/α-hetero) is 1. The van der Waals surface area contributed by atoms with Crippen LogP contribution in [0.4, 0.5) is 0 Å². The first-order valence-corrected chi connectivity index (χ1v) is 5.08. The predicted molar refractivity (Wildman–Crippen MR) is 56.1 cm³/mol. The molecular weight excluding hydrogens is 174 g/mol. The van der Waals surface area contributed by atoms with Crippen molar-refractivity contribution in [3.8, 4) is 0 Å². The standard InChI is InChI=1S/C12H15NO/c1-10(11-5-3-2-4-6-11)13-8-7-12(14)9-13/h2-6,10H,7-9H2,1H3. The summed E-state index contributed by atoms with van der Waals surface area (Å²) >= 11 is 0. The molecule has 1 saturated heterocycles. The second kappa shape index (κ2) is 3.93. The van der Waals surface area contributed by atoms with Gasteiger partial charge < -0.3 is 0 Å². The van der Waals surface area contributed by atoms with Crippen molar-refractivity contribution in [2.45, 2.75) is 19.4 Å². The summed E-state index contributed by atoms with van der Waals surface area (Å²) in [5, 5.41) is 0. The van der Waals surface area contributed by atoms with E-state index in [4.69, 9.17) is 0 Å². The van der Waals surface area contributed by atoms with Gasteiger partial charge in [-0.25, -0.2) is 0 Å². The van der Waals surface area contributed by atoms with E-state index in [1.165, 1.54) is 5.56 Å². The Morgan fingerprint density at radius 3 is 2.57 bits per heavy atom. The van der Waals surface area contributed by atoms with Gasteiger partial charge in [-0.05, 0) is 12.5 Å². The minimum atomic E-state index is 0.364. The molecule has 1 heterocycles. The van der Waals surface area contributed by atoms with Gasteiger partial charge >= 0.3 is 0 Å². The topological polar surface area (TPSA) is 20.3 Å². The summed E-state index contributed by atoms with van der Waals surface area (Å²) in [7, 11) is 0. The summed E-state index contributed by atoms with van der Waals surface area (Å²) < 4.78 is 0. The molecule has 0 amide bonds. The van der Waals surface area contributed by atoms with Crippen LogP contribution in [0.5, 0.6) is 0 Å². The van der Waals surface area contributed by atoms with Crippen molar-refractivity contribution >= 4 is 5.78 Å². The van der Waals surface area contributed by atoms with E-state index in [0.29, 0.717) is 18.4 Å². The van der Waals surface area contributed by atoms with Crippen molar-refractivity contribution in [2.24, 2.45) is 0 Å². The molecule has 0 aliphatic carbocycles. The Balaban J connectivity index is 2.09. The first-order valence-electron chi connectivity index (χ1n) is 5.08. The number of nitrogens with zero attached hydrogens (tertiary/aromatic N) is 1. The molecule has 1 unspecified atom stereocenters. The number of hydrogen-bond acceptors (Lipinski definition) is 2. The summed E-state index contributed by atoms with van der Waals surface area (Å²) in [4.78, 5) is 13.4. The smallest absolute Gasteiger partial charge is 0.148 e.